The summed E-state index contributed by atoms with van der Waals surface area (Å²) in [5, 5.41) is 3.64. The quantitative estimate of drug-likeness (QED) is 0.846. The highest BCUT2D eigenvalue weighted by molar-refractivity contribution is 6.29. The van der Waals surface area contributed by atoms with Crippen LogP contribution in [-0.4, -0.2) is 15.0 Å². The van der Waals surface area contributed by atoms with Gasteiger partial charge in [0.15, 0.2) is 0 Å². The molecule has 17 heavy (non-hydrogen) atoms. The number of aromatic nitrogens is 3. The lowest BCUT2D eigenvalue weighted by Crippen LogP contribution is -2.05. The molecule has 2 heterocycles. The number of pyridine rings is 1. The molecular weight excluding hydrogens is 236 g/mol. The van der Waals surface area contributed by atoms with Crippen molar-refractivity contribution in [3.8, 4) is 0 Å². The second kappa shape index (κ2) is 5.59. The zero-order valence-electron chi connectivity index (χ0n) is 9.52. The lowest BCUT2D eigenvalue weighted by molar-refractivity contribution is 0.928. The molecule has 0 aromatic carbocycles. The van der Waals surface area contributed by atoms with Crippen molar-refractivity contribution >= 4 is 17.4 Å². The number of nitrogens with zero attached hydrogens (tertiary/aromatic N) is 3. The van der Waals surface area contributed by atoms with Gasteiger partial charge in [0.2, 0.25) is 0 Å². The number of anilines is 1. The van der Waals surface area contributed by atoms with Crippen LogP contribution in [0.1, 0.15) is 18.4 Å². The van der Waals surface area contributed by atoms with E-state index >= 15 is 0 Å². The number of aryl methyl sites for hydroxylation is 1. The van der Waals surface area contributed by atoms with Crippen LogP contribution in [0.5, 0.6) is 0 Å². The second-order valence-corrected chi connectivity index (χ2v) is 3.91. The van der Waals surface area contributed by atoms with Crippen molar-refractivity contribution in [2.24, 2.45) is 0 Å². The molecule has 0 atom stereocenters. The molecule has 0 bridgehead atoms. The van der Waals surface area contributed by atoms with Crippen molar-refractivity contribution in [1.29, 1.82) is 0 Å². The molecule has 2 rings (SSSR count). The third-order valence-corrected chi connectivity index (χ3v) is 2.43. The average molecular weight is 249 g/mol. The summed E-state index contributed by atoms with van der Waals surface area (Å²) in [7, 11) is 0. The zero-order valence-corrected chi connectivity index (χ0v) is 10.3. The molecule has 4 nitrogen and oxygen atoms in total. The van der Waals surface area contributed by atoms with Crippen LogP contribution in [0.3, 0.4) is 0 Å². The Morgan fingerprint density at radius 1 is 1.29 bits per heavy atom. The summed E-state index contributed by atoms with van der Waals surface area (Å²) in [6.45, 7) is 2.62. The Morgan fingerprint density at radius 2 is 2.18 bits per heavy atom. The fraction of sp³-hybridized carbons (Fsp3) is 0.250. The second-order valence-electron chi connectivity index (χ2n) is 3.52. The van der Waals surface area contributed by atoms with Crippen molar-refractivity contribution in [1.82, 2.24) is 15.0 Å². The van der Waals surface area contributed by atoms with Gasteiger partial charge in [-0.3, -0.25) is 4.98 Å². The van der Waals surface area contributed by atoms with Crippen LogP contribution in [0.4, 0.5) is 5.82 Å². The van der Waals surface area contributed by atoms with Crippen molar-refractivity contribution in [2.75, 3.05) is 5.32 Å². The molecule has 0 radical (unpaired) electrons. The first kappa shape index (κ1) is 11.8. The molecule has 2 aromatic heterocycles. The van der Waals surface area contributed by atoms with E-state index in [2.05, 4.69) is 20.3 Å². The standard InChI is InChI=1S/C12H13ClN4/c1-2-11-16-10(13)7-12(17-11)15-8-9-5-3-4-6-14-9/h3-7H,2,8H2,1H3,(H,15,16,17). The summed E-state index contributed by atoms with van der Waals surface area (Å²) in [4.78, 5) is 12.7. The minimum absolute atomic E-state index is 0.459. The third kappa shape index (κ3) is 3.39. The van der Waals surface area contributed by atoms with Gasteiger partial charge < -0.3 is 5.32 Å². The molecule has 0 saturated carbocycles. The topological polar surface area (TPSA) is 50.7 Å². The number of rotatable bonds is 4. The summed E-state index contributed by atoms with van der Waals surface area (Å²) >= 11 is 5.90. The molecule has 0 amide bonds. The van der Waals surface area contributed by atoms with Gasteiger partial charge in [-0.25, -0.2) is 9.97 Å². The van der Waals surface area contributed by atoms with Crippen LogP contribution in [0.25, 0.3) is 0 Å². The Labute approximate surface area is 105 Å². The van der Waals surface area contributed by atoms with Crippen LogP contribution in [0.15, 0.2) is 30.5 Å². The highest BCUT2D eigenvalue weighted by Crippen LogP contribution is 2.12. The monoisotopic (exact) mass is 248 g/mol. The van der Waals surface area contributed by atoms with Gasteiger partial charge in [-0.15, -0.1) is 0 Å². The van der Waals surface area contributed by atoms with E-state index in [4.69, 9.17) is 11.6 Å². The van der Waals surface area contributed by atoms with E-state index in [9.17, 15) is 0 Å². The maximum atomic E-state index is 5.90. The van der Waals surface area contributed by atoms with Crippen LogP contribution in [-0.2, 0) is 13.0 Å². The number of nitrogens with one attached hydrogen (secondary N) is 1. The van der Waals surface area contributed by atoms with Gasteiger partial charge >= 0.3 is 0 Å². The number of hydrogen-bond acceptors (Lipinski definition) is 4. The zero-order chi connectivity index (χ0) is 12.1. The van der Waals surface area contributed by atoms with Crippen LogP contribution >= 0.6 is 11.6 Å². The SMILES string of the molecule is CCc1nc(Cl)cc(NCc2ccccn2)n1. The normalized spacial score (nSPS) is 10.2. The van der Waals surface area contributed by atoms with E-state index in [0.717, 1.165) is 23.8 Å². The summed E-state index contributed by atoms with van der Waals surface area (Å²) < 4.78 is 0. The predicted octanol–water partition coefficient (Wildman–Crippen LogP) is 2.70. The number of hydrogen-bond donors (Lipinski definition) is 1. The van der Waals surface area contributed by atoms with Gasteiger partial charge in [0, 0.05) is 18.7 Å². The molecule has 0 saturated heterocycles. The fourth-order valence-electron chi connectivity index (χ4n) is 1.40. The van der Waals surface area contributed by atoms with Crippen LogP contribution < -0.4 is 5.32 Å². The molecule has 0 fully saturated rings. The maximum absolute atomic E-state index is 5.90. The minimum atomic E-state index is 0.459. The molecule has 0 spiro atoms. The highest BCUT2D eigenvalue weighted by Gasteiger charge is 2.01. The Morgan fingerprint density at radius 3 is 2.88 bits per heavy atom. The smallest absolute Gasteiger partial charge is 0.134 e. The van der Waals surface area contributed by atoms with Gasteiger partial charge in [0.25, 0.3) is 0 Å². The molecule has 0 aliphatic rings. The van der Waals surface area contributed by atoms with E-state index in [1.54, 1.807) is 12.3 Å². The first-order valence-electron chi connectivity index (χ1n) is 5.45. The minimum Gasteiger partial charge on any atom is -0.364 e. The summed E-state index contributed by atoms with van der Waals surface area (Å²) in [6, 6.07) is 7.51. The van der Waals surface area contributed by atoms with Gasteiger partial charge in [-0.1, -0.05) is 24.6 Å². The van der Waals surface area contributed by atoms with Crippen molar-refractivity contribution in [2.45, 2.75) is 19.9 Å². The Kier molecular flexibility index (Phi) is 3.88. The van der Waals surface area contributed by atoms with Crippen molar-refractivity contribution in [3.63, 3.8) is 0 Å². The van der Waals surface area contributed by atoms with Gasteiger partial charge in [0.05, 0.1) is 12.2 Å². The average Bonchev–Trinajstić information content (AvgIpc) is 2.37. The molecule has 0 aliphatic heterocycles. The summed E-state index contributed by atoms with van der Waals surface area (Å²) in [5.41, 5.74) is 0.959. The molecule has 88 valence electrons. The predicted molar refractivity (Wildman–Crippen MR) is 68.0 cm³/mol. The Balaban J connectivity index is 2.06. The van der Waals surface area contributed by atoms with E-state index in [1.807, 2.05) is 25.1 Å². The van der Waals surface area contributed by atoms with E-state index < -0.39 is 0 Å². The maximum Gasteiger partial charge on any atom is 0.134 e. The van der Waals surface area contributed by atoms with Crippen molar-refractivity contribution in [3.05, 3.63) is 47.1 Å². The molecule has 2 aromatic rings. The summed E-state index contributed by atoms with van der Waals surface area (Å²) in [6.07, 6.45) is 2.53. The van der Waals surface area contributed by atoms with Crippen LogP contribution in [0, 0.1) is 0 Å². The molecule has 0 aliphatic carbocycles. The lowest BCUT2D eigenvalue weighted by atomic mass is 10.3. The largest absolute Gasteiger partial charge is 0.364 e. The Bertz CT molecular complexity index is 487. The van der Waals surface area contributed by atoms with Gasteiger partial charge in [0.1, 0.15) is 16.8 Å². The van der Waals surface area contributed by atoms with E-state index in [-0.39, 0.29) is 0 Å². The van der Waals surface area contributed by atoms with E-state index in [0.29, 0.717) is 11.7 Å². The van der Waals surface area contributed by atoms with Crippen LogP contribution in [0.2, 0.25) is 5.15 Å². The number of halogens is 1. The highest BCUT2D eigenvalue weighted by atomic mass is 35.5. The first-order valence-corrected chi connectivity index (χ1v) is 5.83. The Hall–Kier alpha value is -1.68. The van der Waals surface area contributed by atoms with Gasteiger partial charge in [-0.05, 0) is 12.1 Å². The van der Waals surface area contributed by atoms with Crippen molar-refractivity contribution < 1.29 is 0 Å². The first-order chi connectivity index (χ1) is 8.28. The third-order valence-electron chi connectivity index (χ3n) is 2.23. The lowest BCUT2D eigenvalue weighted by Gasteiger charge is -2.06. The molecular formula is C12H13ClN4. The fourth-order valence-corrected chi connectivity index (χ4v) is 1.60. The van der Waals surface area contributed by atoms with E-state index in [1.165, 1.54) is 0 Å². The van der Waals surface area contributed by atoms with Gasteiger partial charge in [-0.2, -0.15) is 0 Å². The molecule has 5 heteroatoms. The molecule has 1 N–H and O–H groups in total. The molecule has 0 unspecified atom stereocenters. The summed E-state index contributed by atoms with van der Waals surface area (Å²) in [5.74, 6) is 1.47.